The van der Waals surface area contributed by atoms with E-state index in [0.717, 1.165) is 18.8 Å². The molecule has 0 spiro atoms. The number of hydrogen-bond acceptors (Lipinski definition) is 5. The highest BCUT2D eigenvalue weighted by Gasteiger charge is 2.52. The number of nitrogens with one attached hydrogen (secondary N) is 2. The zero-order valence-electron chi connectivity index (χ0n) is 21.1. The highest BCUT2D eigenvalue weighted by molar-refractivity contribution is 6.27. The van der Waals surface area contributed by atoms with Crippen molar-refractivity contribution in [2.45, 2.75) is 58.1 Å². The lowest BCUT2D eigenvalue weighted by Crippen LogP contribution is -2.42. The van der Waals surface area contributed by atoms with Crippen LogP contribution in [0.2, 0.25) is 0 Å². The van der Waals surface area contributed by atoms with Crippen LogP contribution in [0.3, 0.4) is 0 Å². The van der Waals surface area contributed by atoms with Crippen molar-refractivity contribution in [2.24, 2.45) is 47.3 Å². The molecule has 5 rings (SSSR count). The molecule has 7 nitrogen and oxygen atoms in total. The summed E-state index contributed by atoms with van der Waals surface area (Å²) in [5.74, 6) is 2.24. The quantitative estimate of drug-likeness (QED) is 0.330. The van der Waals surface area contributed by atoms with Crippen LogP contribution in [0.1, 0.15) is 46.0 Å². The maximum Gasteiger partial charge on any atom is 0.259 e. The number of aliphatic hydroxyl groups is 2. The molecule has 1 saturated heterocycles. The van der Waals surface area contributed by atoms with E-state index in [1.54, 1.807) is 6.08 Å². The normalized spacial score (nSPS) is 44.5. The maximum absolute atomic E-state index is 12.8. The first-order valence-corrected chi connectivity index (χ1v) is 13.6. The minimum atomic E-state index is -1.16. The third-order valence-corrected chi connectivity index (χ3v) is 9.63. The Balaban J connectivity index is 1.47. The molecule has 0 aromatic rings. The highest BCUT2D eigenvalue weighted by atomic mass is 16.3. The van der Waals surface area contributed by atoms with Crippen molar-refractivity contribution < 1.29 is 24.6 Å². The van der Waals surface area contributed by atoms with Crippen molar-refractivity contribution in [3.05, 3.63) is 47.8 Å². The number of aliphatic hydroxyl groups excluding tert-OH is 2. The number of hydrogen-bond donors (Lipinski definition) is 4. The molecule has 2 saturated carbocycles. The number of allylic oxidation sites excluding steroid dienone is 5. The average molecular weight is 495 g/mol. The second-order valence-electron chi connectivity index (χ2n) is 11.4. The van der Waals surface area contributed by atoms with Gasteiger partial charge in [-0.2, -0.15) is 0 Å². The summed E-state index contributed by atoms with van der Waals surface area (Å²) in [5, 5.41) is 26.4. The van der Waals surface area contributed by atoms with Gasteiger partial charge >= 0.3 is 0 Å². The molecule has 7 heteroatoms. The Hall–Kier alpha value is -2.67. The van der Waals surface area contributed by atoms with Crippen molar-refractivity contribution in [3.63, 3.8) is 0 Å². The second-order valence-corrected chi connectivity index (χ2v) is 11.4. The summed E-state index contributed by atoms with van der Waals surface area (Å²) in [6.45, 7) is 4.85. The smallest absolute Gasteiger partial charge is 0.259 e. The van der Waals surface area contributed by atoms with Crippen molar-refractivity contribution in [3.8, 4) is 0 Å². The Morgan fingerprint density at radius 1 is 1.00 bits per heavy atom. The fraction of sp³-hybridized carbons (Fsp3) is 0.621. The number of fused-ring (bicyclic) bond motifs is 7. The summed E-state index contributed by atoms with van der Waals surface area (Å²) in [5.41, 5.74) is -0.298. The lowest BCUT2D eigenvalue weighted by molar-refractivity contribution is -0.118. The molecule has 2 bridgehead atoms. The molecule has 2 aliphatic heterocycles. The summed E-state index contributed by atoms with van der Waals surface area (Å²) >= 11 is 0. The lowest BCUT2D eigenvalue weighted by Gasteiger charge is -2.35. The van der Waals surface area contributed by atoms with Crippen LogP contribution < -0.4 is 10.6 Å². The molecule has 10 atom stereocenters. The molecule has 3 aliphatic carbocycles. The second kappa shape index (κ2) is 10.0. The van der Waals surface area contributed by atoms with Crippen molar-refractivity contribution in [1.82, 2.24) is 10.6 Å². The van der Waals surface area contributed by atoms with Crippen LogP contribution >= 0.6 is 0 Å². The number of rotatable bonds is 1. The van der Waals surface area contributed by atoms with Gasteiger partial charge in [0.1, 0.15) is 17.4 Å². The van der Waals surface area contributed by atoms with Gasteiger partial charge in [-0.15, -0.1) is 0 Å². The summed E-state index contributed by atoms with van der Waals surface area (Å²) in [4.78, 5) is 37.7. The molecular formula is C29H38N2O5. The molecule has 0 aromatic carbocycles. The minimum absolute atomic E-state index is 0.110. The number of Topliss-reactive ketones (excluding diaryl/α,β-unsaturated/α-hetero) is 1. The molecule has 194 valence electrons. The van der Waals surface area contributed by atoms with Gasteiger partial charge in [0.05, 0.1) is 6.10 Å². The van der Waals surface area contributed by atoms with Gasteiger partial charge in [0, 0.05) is 6.54 Å². The third kappa shape index (κ3) is 4.36. The highest BCUT2D eigenvalue weighted by Crippen LogP contribution is 2.59. The maximum atomic E-state index is 12.8. The Morgan fingerprint density at radius 2 is 1.75 bits per heavy atom. The summed E-state index contributed by atoms with van der Waals surface area (Å²) < 4.78 is 0. The molecule has 2 heterocycles. The molecule has 3 fully saturated rings. The topological polar surface area (TPSA) is 116 Å². The van der Waals surface area contributed by atoms with E-state index in [4.69, 9.17) is 0 Å². The van der Waals surface area contributed by atoms with Gasteiger partial charge in [-0.1, -0.05) is 44.6 Å². The van der Waals surface area contributed by atoms with Crippen molar-refractivity contribution in [1.29, 1.82) is 0 Å². The standard InChI is InChI=1S/C29H38N2O5/c1-3-17-15(2)13-21-19(17)8-9-20-18-5-4-6-25(34)30-12-11-24(33)27-28(35)26(29(36)31-27)23(32)10-7-16(18)14-22(20)21/h4,6-10,15-22,24,27,32-33H,3,5,11-14H2,1-2H3,(H,30,34)(H,31,36)/b6-4-,10-7+,26-23?/t15-,16-,17-,18+,19+,20-,21+,22+,24+,27+/m1/s1. The number of ketones is 1. The molecule has 0 aromatic heterocycles. The first-order valence-electron chi connectivity index (χ1n) is 13.6. The monoisotopic (exact) mass is 494 g/mol. The largest absolute Gasteiger partial charge is 0.507 e. The molecular weight excluding hydrogens is 456 g/mol. The summed E-state index contributed by atoms with van der Waals surface area (Å²) in [7, 11) is 0. The molecule has 0 unspecified atom stereocenters. The Morgan fingerprint density at radius 3 is 2.53 bits per heavy atom. The predicted molar refractivity (Wildman–Crippen MR) is 135 cm³/mol. The minimum Gasteiger partial charge on any atom is -0.507 e. The van der Waals surface area contributed by atoms with E-state index in [0.29, 0.717) is 29.6 Å². The zero-order valence-corrected chi connectivity index (χ0v) is 21.1. The first-order chi connectivity index (χ1) is 17.3. The Kier molecular flexibility index (Phi) is 6.95. The van der Waals surface area contributed by atoms with E-state index in [2.05, 4.69) is 36.6 Å². The van der Waals surface area contributed by atoms with Crippen LogP contribution in [-0.2, 0) is 14.4 Å². The van der Waals surface area contributed by atoms with Gasteiger partial charge in [0.2, 0.25) is 5.91 Å². The van der Waals surface area contributed by atoms with Gasteiger partial charge in [-0.05, 0) is 85.2 Å². The predicted octanol–water partition coefficient (Wildman–Crippen LogP) is 2.99. The molecule has 36 heavy (non-hydrogen) atoms. The lowest BCUT2D eigenvalue weighted by atomic mass is 9.69. The van der Waals surface area contributed by atoms with E-state index in [-0.39, 0.29) is 42.0 Å². The summed E-state index contributed by atoms with van der Waals surface area (Å²) in [6, 6.07) is -1.12. The average Bonchev–Trinajstić information content (AvgIpc) is 3.46. The van der Waals surface area contributed by atoms with Gasteiger partial charge < -0.3 is 20.8 Å². The number of carbonyl (C=O) groups is 3. The Bertz CT molecular complexity index is 1040. The molecule has 2 amide bonds. The first kappa shape index (κ1) is 25.0. The summed E-state index contributed by atoms with van der Waals surface area (Å²) in [6.07, 6.45) is 14.9. The van der Waals surface area contributed by atoms with E-state index in [1.807, 2.05) is 12.2 Å². The molecule has 4 N–H and O–H groups in total. The van der Waals surface area contributed by atoms with Gasteiger partial charge in [0.25, 0.3) is 5.91 Å². The number of carbonyl (C=O) groups excluding carboxylic acids is 3. The van der Waals surface area contributed by atoms with Crippen LogP contribution in [0.5, 0.6) is 0 Å². The van der Waals surface area contributed by atoms with Crippen LogP contribution in [0.25, 0.3) is 0 Å². The van der Waals surface area contributed by atoms with Gasteiger partial charge in [0.15, 0.2) is 5.78 Å². The SMILES string of the molecule is CC[C@H]1[C@@H]2C=C[C@@H]3[C@H]4C/C=C\C(=O)NCC[C@H](O)[C@@H]5NC(=O)C(=C(O)/C=C/[C@@H]4C[C@@H]3[C@H]2C[C@H]1C)C5=O. The third-order valence-electron chi connectivity index (χ3n) is 9.63. The van der Waals surface area contributed by atoms with Crippen LogP contribution in [0.15, 0.2) is 47.8 Å². The van der Waals surface area contributed by atoms with E-state index >= 15 is 0 Å². The van der Waals surface area contributed by atoms with E-state index < -0.39 is 23.8 Å². The molecule has 0 radical (unpaired) electrons. The molecule has 5 aliphatic rings. The Labute approximate surface area is 212 Å². The zero-order chi connectivity index (χ0) is 25.6. The van der Waals surface area contributed by atoms with E-state index in [9.17, 15) is 24.6 Å². The van der Waals surface area contributed by atoms with Gasteiger partial charge in [-0.3, -0.25) is 14.4 Å². The van der Waals surface area contributed by atoms with Crippen LogP contribution in [0, 0.1) is 47.3 Å². The fourth-order valence-corrected chi connectivity index (χ4v) is 7.94. The fourth-order valence-electron chi connectivity index (χ4n) is 7.94. The van der Waals surface area contributed by atoms with Gasteiger partial charge in [-0.25, -0.2) is 0 Å². The van der Waals surface area contributed by atoms with Crippen molar-refractivity contribution in [2.75, 3.05) is 6.54 Å². The van der Waals surface area contributed by atoms with Crippen molar-refractivity contribution >= 4 is 17.6 Å². The number of amides is 2. The van der Waals surface area contributed by atoms with Crippen LogP contribution in [-0.4, -0.2) is 46.5 Å². The van der Waals surface area contributed by atoms with E-state index in [1.165, 1.54) is 18.9 Å². The van der Waals surface area contributed by atoms with Crippen LogP contribution in [0.4, 0.5) is 0 Å².